The molecule has 2 N–H and O–H groups in total. The molecule has 2 aromatic rings. The lowest BCUT2D eigenvalue weighted by molar-refractivity contribution is -0.124. The van der Waals surface area contributed by atoms with E-state index in [9.17, 15) is 18.0 Å². The minimum Gasteiger partial charge on any atom is -0.490 e. The number of methoxy groups -OCH3 is 1. The average molecular weight is 702 g/mol. The number of nitrogens with one attached hydrogen (secondary N) is 2. The number of hydrogen-bond donors (Lipinski definition) is 2. The molecule has 1 fully saturated rings. The van der Waals surface area contributed by atoms with Crippen molar-refractivity contribution in [1.29, 1.82) is 0 Å². The van der Waals surface area contributed by atoms with Crippen molar-refractivity contribution in [2.75, 3.05) is 31.7 Å². The first-order chi connectivity index (χ1) is 22.5. The van der Waals surface area contributed by atoms with E-state index in [1.54, 1.807) is 40.0 Å². The molecule has 4 atom stereocenters. The van der Waals surface area contributed by atoms with Crippen molar-refractivity contribution in [3.63, 3.8) is 0 Å². The Bertz CT molecular complexity index is 1670. The van der Waals surface area contributed by atoms with Gasteiger partial charge in [-0.05, 0) is 120 Å². The summed E-state index contributed by atoms with van der Waals surface area (Å²) in [6.45, 7) is 13.6. The first-order valence-electron chi connectivity index (χ1n) is 16.5. The van der Waals surface area contributed by atoms with Gasteiger partial charge in [0.2, 0.25) is 0 Å². The summed E-state index contributed by atoms with van der Waals surface area (Å²) in [7, 11) is -2.64. The number of fused-ring (bicyclic) bond motifs is 3. The third-order valence-corrected chi connectivity index (χ3v) is 11.3. The van der Waals surface area contributed by atoms with E-state index in [0.29, 0.717) is 48.0 Å². The van der Waals surface area contributed by atoms with Crippen LogP contribution >= 0.6 is 11.6 Å². The first-order valence-corrected chi connectivity index (χ1v) is 18.4. The smallest absolute Gasteiger partial charge is 0.408 e. The summed E-state index contributed by atoms with van der Waals surface area (Å²) in [6.07, 6.45) is 5.81. The van der Waals surface area contributed by atoms with E-state index in [-0.39, 0.29) is 16.4 Å². The number of hydrogen-bond acceptors (Lipinski definition) is 8. The predicted octanol–water partition coefficient (Wildman–Crippen LogP) is 6.15. The Morgan fingerprint density at radius 2 is 1.92 bits per heavy atom. The van der Waals surface area contributed by atoms with Crippen LogP contribution in [0, 0.1) is 11.8 Å². The van der Waals surface area contributed by atoms with E-state index in [0.717, 1.165) is 32.1 Å². The lowest BCUT2D eigenvalue weighted by atomic mass is 9.68. The summed E-state index contributed by atoms with van der Waals surface area (Å²) in [5, 5.41) is 3.17. The van der Waals surface area contributed by atoms with E-state index in [4.69, 9.17) is 25.8 Å². The average Bonchev–Trinajstić information content (AvgIpc) is 3.13. The van der Waals surface area contributed by atoms with Gasteiger partial charge in [0.1, 0.15) is 16.9 Å². The molecule has 1 unspecified atom stereocenters. The molecule has 2 aliphatic carbocycles. The van der Waals surface area contributed by atoms with E-state index >= 15 is 0 Å². The second-order valence-corrected chi connectivity index (χ2v) is 17.0. The first kappa shape index (κ1) is 36.0. The number of sulfonamides is 1. The Morgan fingerprint density at radius 3 is 2.56 bits per heavy atom. The number of carbonyl (C=O) groups excluding carboxylic acids is 2. The molecule has 1 aliphatic heterocycles. The number of benzene rings is 2. The molecule has 0 radical (unpaired) electrons. The van der Waals surface area contributed by atoms with Gasteiger partial charge in [-0.3, -0.25) is 4.79 Å². The van der Waals surface area contributed by atoms with E-state index in [1.165, 1.54) is 31.0 Å². The van der Waals surface area contributed by atoms with E-state index in [2.05, 4.69) is 27.6 Å². The Kier molecular flexibility index (Phi) is 10.2. The number of anilines is 1. The van der Waals surface area contributed by atoms with Gasteiger partial charge in [-0.1, -0.05) is 23.7 Å². The minimum atomic E-state index is -4.34. The van der Waals surface area contributed by atoms with Crippen molar-refractivity contribution in [1.82, 2.24) is 10.0 Å². The zero-order valence-corrected chi connectivity index (χ0v) is 30.3. The monoisotopic (exact) mass is 701 g/mol. The number of carbonyl (C=O) groups is 2. The third kappa shape index (κ3) is 7.63. The molecule has 1 spiro atoms. The van der Waals surface area contributed by atoms with Crippen LogP contribution in [0.3, 0.4) is 0 Å². The molecule has 0 saturated heterocycles. The number of ether oxygens (including phenoxy) is 3. The van der Waals surface area contributed by atoms with Crippen molar-refractivity contribution in [3.8, 4) is 5.75 Å². The fraction of sp³-hybridized carbons (Fsp3) is 0.556. The molecule has 1 saturated carbocycles. The Balaban J connectivity index is 1.47. The number of amides is 2. The molecule has 2 amide bonds. The normalized spacial score (nSPS) is 23.0. The van der Waals surface area contributed by atoms with Crippen molar-refractivity contribution in [2.45, 2.75) is 94.3 Å². The van der Waals surface area contributed by atoms with Crippen molar-refractivity contribution in [3.05, 3.63) is 65.2 Å². The summed E-state index contributed by atoms with van der Waals surface area (Å²) in [5.41, 5.74) is 0.362. The largest absolute Gasteiger partial charge is 0.490 e. The highest BCUT2D eigenvalue weighted by Crippen LogP contribution is 2.47. The van der Waals surface area contributed by atoms with Gasteiger partial charge in [0, 0.05) is 30.6 Å². The van der Waals surface area contributed by atoms with Crippen LogP contribution < -0.4 is 19.7 Å². The van der Waals surface area contributed by atoms with Gasteiger partial charge in [0.05, 0.1) is 23.3 Å². The number of aryl methyl sites for hydroxylation is 1. The molecular weight excluding hydrogens is 654 g/mol. The van der Waals surface area contributed by atoms with Gasteiger partial charge < -0.3 is 24.4 Å². The van der Waals surface area contributed by atoms with Crippen LogP contribution in [-0.4, -0.2) is 64.5 Å². The standard InChI is InChI=1S/C36H48ClN3O7S/c1-8-30(45-7)27-14-11-24(27)20-40-21-36(17-9-10-23-18-25(37)12-15-28(23)36)22-46-31-16-13-26(19-29(31)40)48(43,44)39-32(41)35(5,6)38-33(42)47-34(2,3)4/h8,12-13,15-16,18-19,24,27,30H,1,9-11,14,17,20-22H2,2-7H3,(H,38,42)(H,39,41)/t24-,27+,30?,36-/m0/s1. The molecule has 3 aliphatic rings. The molecule has 48 heavy (non-hydrogen) atoms. The zero-order valence-electron chi connectivity index (χ0n) is 28.7. The number of nitrogens with zero attached hydrogens (tertiary/aromatic N) is 1. The van der Waals surface area contributed by atoms with Crippen molar-refractivity contribution < 1.29 is 32.2 Å². The molecule has 1 heterocycles. The van der Waals surface area contributed by atoms with Gasteiger partial charge in [-0.15, -0.1) is 6.58 Å². The Labute approximate surface area is 289 Å². The van der Waals surface area contributed by atoms with Crippen LogP contribution in [-0.2, 0) is 36.1 Å². The summed E-state index contributed by atoms with van der Waals surface area (Å²) >= 11 is 6.41. The van der Waals surface area contributed by atoms with Crippen LogP contribution in [0.15, 0.2) is 53.9 Å². The Morgan fingerprint density at radius 1 is 1.17 bits per heavy atom. The number of halogens is 1. The minimum absolute atomic E-state index is 0.0717. The van der Waals surface area contributed by atoms with Crippen molar-refractivity contribution >= 4 is 39.3 Å². The second-order valence-electron chi connectivity index (χ2n) is 14.9. The molecule has 0 bridgehead atoms. The van der Waals surface area contributed by atoms with Gasteiger partial charge in [-0.2, -0.15) is 0 Å². The van der Waals surface area contributed by atoms with E-state index in [1.807, 2.05) is 18.2 Å². The van der Waals surface area contributed by atoms with Crippen LogP contribution in [0.1, 0.15) is 71.4 Å². The molecule has 262 valence electrons. The highest BCUT2D eigenvalue weighted by Gasteiger charge is 2.44. The van der Waals surface area contributed by atoms with Crippen LogP contribution in [0.4, 0.5) is 10.5 Å². The lowest BCUT2D eigenvalue weighted by Gasteiger charge is -2.46. The third-order valence-electron chi connectivity index (χ3n) is 9.78. The maximum absolute atomic E-state index is 13.7. The molecule has 10 nitrogen and oxygen atoms in total. The van der Waals surface area contributed by atoms with Crippen LogP contribution in [0.2, 0.25) is 5.02 Å². The quantitative estimate of drug-likeness (QED) is 0.299. The van der Waals surface area contributed by atoms with Gasteiger partial charge in [-0.25, -0.2) is 17.9 Å². The predicted molar refractivity (Wildman–Crippen MR) is 186 cm³/mol. The zero-order chi connectivity index (χ0) is 35.1. The van der Waals surface area contributed by atoms with Crippen LogP contribution in [0.5, 0.6) is 5.75 Å². The Hall–Kier alpha value is -3.28. The SMILES string of the molecule is C=CC(OC)[C@@H]1CC[C@H]1CN1C[C@@]2(CCCc3cc(Cl)ccc32)COc2ccc(S(=O)(=O)NC(=O)C(C)(C)NC(=O)OC(C)(C)C)cc21. The molecule has 2 aromatic carbocycles. The van der Waals surface area contributed by atoms with Crippen molar-refractivity contribution in [2.24, 2.45) is 11.8 Å². The van der Waals surface area contributed by atoms with Crippen LogP contribution in [0.25, 0.3) is 0 Å². The summed E-state index contributed by atoms with van der Waals surface area (Å²) in [5.74, 6) is 0.261. The van der Waals surface area contributed by atoms with Gasteiger partial charge in [0.25, 0.3) is 15.9 Å². The van der Waals surface area contributed by atoms with Gasteiger partial charge >= 0.3 is 6.09 Å². The summed E-state index contributed by atoms with van der Waals surface area (Å²) in [6, 6.07) is 10.8. The lowest BCUT2D eigenvalue weighted by Crippen LogP contribution is -2.56. The highest BCUT2D eigenvalue weighted by atomic mass is 35.5. The molecule has 0 aromatic heterocycles. The highest BCUT2D eigenvalue weighted by molar-refractivity contribution is 7.90. The van der Waals surface area contributed by atoms with E-state index < -0.39 is 33.2 Å². The number of alkyl carbamates (subject to hydrolysis) is 1. The molecular formula is C36H48ClN3O7S. The van der Waals surface area contributed by atoms with Gasteiger partial charge in [0.15, 0.2) is 0 Å². The molecule has 12 heteroatoms. The summed E-state index contributed by atoms with van der Waals surface area (Å²) in [4.78, 5) is 27.8. The maximum atomic E-state index is 13.7. The topological polar surface area (TPSA) is 123 Å². The number of rotatable bonds is 9. The second kappa shape index (κ2) is 13.6. The molecule has 5 rings (SSSR count). The maximum Gasteiger partial charge on any atom is 0.408 e. The fourth-order valence-corrected chi connectivity index (χ4v) is 8.49. The summed E-state index contributed by atoms with van der Waals surface area (Å²) < 4.78 is 47.1. The fourth-order valence-electron chi connectivity index (χ4n) is 7.17.